The molecule has 1 N–H and O–H groups in total. The van der Waals surface area contributed by atoms with E-state index in [0.29, 0.717) is 11.0 Å². The third-order valence-electron chi connectivity index (χ3n) is 3.37. The molecule has 0 unspecified atom stereocenters. The molecule has 0 aromatic carbocycles. The molecular formula is C13H21BNO4S. The van der Waals surface area contributed by atoms with E-state index in [9.17, 15) is 13.5 Å². The summed E-state index contributed by atoms with van der Waals surface area (Å²) in [5.41, 5.74) is -0.590. The fourth-order valence-corrected chi connectivity index (χ4v) is 2.28. The summed E-state index contributed by atoms with van der Waals surface area (Å²) in [6.07, 6.45) is 2.56. The van der Waals surface area contributed by atoms with Crippen LogP contribution in [0.3, 0.4) is 0 Å². The Kier molecular flexibility index (Phi) is 4.68. The molecule has 0 aliphatic rings. The Bertz CT molecular complexity index is 591. The van der Waals surface area contributed by atoms with Gasteiger partial charge in [0.25, 0.3) is 0 Å². The summed E-state index contributed by atoms with van der Waals surface area (Å²) < 4.78 is 28.5. The normalized spacial score (nSPS) is 13.3. The van der Waals surface area contributed by atoms with Gasteiger partial charge < -0.3 is 9.76 Å². The van der Waals surface area contributed by atoms with Gasteiger partial charge in [-0.15, -0.1) is 0 Å². The highest BCUT2D eigenvalue weighted by molar-refractivity contribution is 7.90. The highest BCUT2D eigenvalue weighted by Gasteiger charge is 2.35. The summed E-state index contributed by atoms with van der Waals surface area (Å²) in [5, 5.41) is 10.1. The minimum atomic E-state index is -3.32. The van der Waals surface area contributed by atoms with Crippen LogP contribution in [0.4, 0.5) is 0 Å². The molecule has 0 saturated carbocycles. The monoisotopic (exact) mass is 298 g/mol. The quantitative estimate of drug-likeness (QED) is 0.806. The van der Waals surface area contributed by atoms with E-state index in [1.165, 1.54) is 13.7 Å². The molecule has 0 aliphatic heterocycles. The second kappa shape index (κ2) is 5.46. The van der Waals surface area contributed by atoms with Crippen molar-refractivity contribution >= 4 is 22.8 Å². The van der Waals surface area contributed by atoms with Gasteiger partial charge in [-0.1, -0.05) is 6.07 Å². The zero-order valence-corrected chi connectivity index (χ0v) is 13.6. The largest absolute Gasteiger partial charge is 0.427 e. The number of aryl methyl sites for hydroxylation is 1. The average molecular weight is 298 g/mol. The number of rotatable bonds is 5. The van der Waals surface area contributed by atoms with E-state index in [2.05, 4.69) is 4.98 Å². The molecule has 1 aromatic heterocycles. The van der Waals surface area contributed by atoms with E-state index < -0.39 is 21.0 Å². The number of aromatic nitrogens is 1. The molecule has 0 fully saturated rings. The first-order valence-corrected chi connectivity index (χ1v) is 8.14. The smallest absolute Gasteiger partial charge is 0.332 e. The van der Waals surface area contributed by atoms with Crippen LogP contribution in [-0.2, 0) is 14.5 Å². The van der Waals surface area contributed by atoms with Crippen LogP contribution in [-0.4, -0.2) is 43.4 Å². The number of aliphatic hydroxyl groups is 1. The van der Waals surface area contributed by atoms with Crippen LogP contribution in [0.15, 0.2) is 17.3 Å². The molecule has 0 saturated heterocycles. The Balaban J connectivity index is 2.90. The Labute approximate surface area is 121 Å². The molecule has 111 valence electrons. The maximum atomic E-state index is 11.5. The first-order chi connectivity index (χ1) is 8.84. The van der Waals surface area contributed by atoms with Gasteiger partial charge in [-0.2, -0.15) is 0 Å². The van der Waals surface area contributed by atoms with Crippen molar-refractivity contribution in [2.45, 2.75) is 50.8 Å². The fraction of sp³-hybridized carbons (Fsp3) is 0.615. The maximum Gasteiger partial charge on any atom is 0.332 e. The Morgan fingerprint density at radius 1 is 1.30 bits per heavy atom. The number of hydrogen-bond donors (Lipinski definition) is 1. The van der Waals surface area contributed by atoms with E-state index in [4.69, 9.17) is 4.65 Å². The van der Waals surface area contributed by atoms with Gasteiger partial charge in [0.05, 0.1) is 11.2 Å². The van der Waals surface area contributed by atoms with Gasteiger partial charge >= 0.3 is 7.48 Å². The van der Waals surface area contributed by atoms with E-state index in [1.54, 1.807) is 40.7 Å². The summed E-state index contributed by atoms with van der Waals surface area (Å²) in [4.78, 5) is 3.95. The SMILES string of the molecule is Cc1cc([B]OC(C)(C)C(C)(C)O)cnc1S(C)(=O)=O. The predicted molar refractivity (Wildman–Crippen MR) is 78.9 cm³/mol. The average Bonchev–Trinajstić information content (AvgIpc) is 2.23. The van der Waals surface area contributed by atoms with E-state index in [-0.39, 0.29) is 5.03 Å². The lowest BCUT2D eigenvalue weighted by molar-refractivity contribution is -0.0893. The Morgan fingerprint density at radius 3 is 2.25 bits per heavy atom. The molecule has 0 spiro atoms. The predicted octanol–water partition coefficient (Wildman–Crippen LogP) is 0.604. The highest BCUT2D eigenvalue weighted by atomic mass is 32.2. The summed E-state index contributed by atoms with van der Waals surface area (Å²) in [6.45, 7) is 8.55. The third-order valence-corrected chi connectivity index (χ3v) is 4.50. The zero-order valence-electron chi connectivity index (χ0n) is 12.8. The highest BCUT2D eigenvalue weighted by Crippen LogP contribution is 2.24. The van der Waals surface area contributed by atoms with Crippen molar-refractivity contribution in [2.24, 2.45) is 0 Å². The van der Waals surface area contributed by atoms with Crippen LogP contribution >= 0.6 is 0 Å². The molecular weight excluding hydrogens is 277 g/mol. The van der Waals surface area contributed by atoms with Gasteiger partial charge in [0.2, 0.25) is 0 Å². The number of nitrogens with zero attached hydrogens (tertiary/aromatic N) is 1. The lowest BCUT2D eigenvalue weighted by Crippen LogP contribution is -2.49. The van der Waals surface area contributed by atoms with E-state index in [1.807, 2.05) is 0 Å². The molecule has 20 heavy (non-hydrogen) atoms. The molecule has 5 nitrogen and oxygen atoms in total. The summed E-state index contributed by atoms with van der Waals surface area (Å²) in [6, 6.07) is 1.68. The lowest BCUT2D eigenvalue weighted by atomic mass is 9.83. The van der Waals surface area contributed by atoms with Crippen molar-refractivity contribution in [3.05, 3.63) is 17.8 Å². The van der Waals surface area contributed by atoms with Crippen molar-refractivity contribution < 1.29 is 18.2 Å². The third kappa shape index (κ3) is 4.04. The van der Waals surface area contributed by atoms with Gasteiger partial charge in [0.1, 0.15) is 0 Å². The second-order valence-corrected chi connectivity index (χ2v) is 7.90. The molecule has 7 heteroatoms. The molecule has 1 heterocycles. The van der Waals surface area contributed by atoms with Crippen LogP contribution in [0.25, 0.3) is 0 Å². The minimum Gasteiger partial charge on any atom is -0.427 e. The molecule has 0 amide bonds. The van der Waals surface area contributed by atoms with Crippen molar-refractivity contribution in [1.29, 1.82) is 0 Å². The number of pyridine rings is 1. The van der Waals surface area contributed by atoms with Gasteiger partial charge in [-0.25, -0.2) is 13.4 Å². The second-order valence-electron chi connectivity index (χ2n) is 5.97. The van der Waals surface area contributed by atoms with Crippen LogP contribution in [0.1, 0.15) is 33.3 Å². The lowest BCUT2D eigenvalue weighted by Gasteiger charge is -2.37. The topological polar surface area (TPSA) is 76.5 Å². The van der Waals surface area contributed by atoms with Gasteiger partial charge in [0.15, 0.2) is 14.9 Å². The van der Waals surface area contributed by atoms with Crippen molar-refractivity contribution in [2.75, 3.05) is 6.26 Å². The van der Waals surface area contributed by atoms with Gasteiger partial charge in [-0.3, -0.25) is 0 Å². The molecule has 1 rings (SSSR count). The standard InChI is InChI=1S/C13H21BNO4S/c1-9-7-10(8-15-11(9)20(6,17)18)14-19-13(4,5)12(2,3)16/h7-8,16H,1-6H3. The fourth-order valence-electron chi connectivity index (χ4n) is 1.40. The van der Waals surface area contributed by atoms with Crippen LogP contribution in [0, 0.1) is 6.92 Å². The van der Waals surface area contributed by atoms with Gasteiger partial charge in [0, 0.05) is 12.5 Å². The summed E-state index contributed by atoms with van der Waals surface area (Å²) in [7, 11) is -1.85. The molecule has 0 aliphatic carbocycles. The van der Waals surface area contributed by atoms with Gasteiger partial charge in [-0.05, 0) is 45.6 Å². The number of sulfone groups is 1. The molecule has 0 bridgehead atoms. The van der Waals surface area contributed by atoms with Crippen LogP contribution < -0.4 is 5.46 Å². The zero-order chi connectivity index (χ0) is 15.8. The first-order valence-electron chi connectivity index (χ1n) is 6.25. The molecule has 0 atom stereocenters. The maximum absolute atomic E-state index is 11.5. The Morgan fingerprint density at radius 2 is 1.85 bits per heavy atom. The Hall–Kier alpha value is -0.915. The van der Waals surface area contributed by atoms with Crippen molar-refractivity contribution in [3.63, 3.8) is 0 Å². The molecule has 1 aromatic rings. The van der Waals surface area contributed by atoms with Crippen molar-refractivity contribution in [1.82, 2.24) is 4.98 Å². The van der Waals surface area contributed by atoms with E-state index in [0.717, 1.165) is 6.26 Å². The molecule has 1 radical (unpaired) electrons. The van der Waals surface area contributed by atoms with E-state index >= 15 is 0 Å². The van der Waals surface area contributed by atoms with Crippen LogP contribution in [0.5, 0.6) is 0 Å². The van der Waals surface area contributed by atoms with Crippen LogP contribution in [0.2, 0.25) is 0 Å². The first kappa shape index (κ1) is 17.1. The summed E-state index contributed by atoms with van der Waals surface area (Å²) in [5.74, 6) is 0. The van der Waals surface area contributed by atoms with Crippen molar-refractivity contribution in [3.8, 4) is 0 Å². The minimum absolute atomic E-state index is 0.0661. The summed E-state index contributed by atoms with van der Waals surface area (Å²) >= 11 is 0. The number of hydrogen-bond acceptors (Lipinski definition) is 5.